The van der Waals surface area contributed by atoms with Gasteiger partial charge in [0, 0.05) is 45.3 Å². The number of benzene rings is 2. The highest BCUT2D eigenvalue weighted by Gasteiger charge is 2.23. The van der Waals surface area contributed by atoms with Crippen LogP contribution in [0.15, 0.2) is 41.4 Å². The van der Waals surface area contributed by atoms with Gasteiger partial charge in [-0.15, -0.1) is 24.0 Å². The molecule has 2 N–H and O–H groups in total. The van der Waals surface area contributed by atoms with Gasteiger partial charge in [-0.3, -0.25) is 9.89 Å². The van der Waals surface area contributed by atoms with E-state index in [0.717, 1.165) is 49.1 Å². The van der Waals surface area contributed by atoms with Crippen LogP contribution >= 0.6 is 24.0 Å². The van der Waals surface area contributed by atoms with E-state index in [1.54, 1.807) is 34.3 Å². The molecule has 2 aromatic rings. The van der Waals surface area contributed by atoms with Crippen molar-refractivity contribution in [3.63, 3.8) is 0 Å². The number of methoxy groups -OCH3 is 2. The van der Waals surface area contributed by atoms with Gasteiger partial charge in [-0.1, -0.05) is 12.1 Å². The zero-order valence-corrected chi connectivity index (χ0v) is 20.9. The highest BCUT2D eigenvalue weighted by atomic mass is 127. The smallest absolute Gasteiger partial charge is 0.191 e. The molecule has 1 atom stereocenters. The predicted molar refractivity (Wildman–Crippen MR) is 133 cm³/mol. The third kappa shape index (κ3) is 7.24. The van der Waals surface area contributed by atoms with E-state index in [-0.39, 0.29) is 29.8 Å². The predicted octanol–water partition coefficient (Wildman–Crippen LogP) is 3.71. The van der Waals surface area contributed by atoms with Crippen molar-refractivity contribution >= 4 is 29.9 Å². The summed E-state index contributed by atoms with van der Waals surface area (Å²) in [6.07, 6.45) is 1.04. The van der Waals surface area contributed by atoms with E-state index in [1.807, 2.05) is 12.1 Å². The molecule has 0 bridgehead atoms. The van der Waals surface area contributed by atoms with Crippen molar-refractivity contribution in [1.29, 1.82) is 0 Å². The van der Waals surface area contributed by atoms with Gasteiger partial charge in [0.25, 0.3) is 0 Å². The molecule has 0 saturated carbocycles. The summed E-state index contributed by atoms with van der Waals surface area (Å²) in [5.41, 5.74) is 2.84. The molecule has 170 valence electrons. The molecule has 0 radical (unpaired) electrons. The van der Waals surface area contributed by atoms with Crippen molar-refractivity contribution in [2.24, 2.45) is 4.99 Å². The van der Waals surface area contributed by atoms with E-state index >= 15 is 0 Å². The van der Waals surface area contributed by atoms with Crippen molar-refractivity contribution in [3.8, 4) is 11.5 Å². The van der Waals surface area contributed by atoms with Gasteiger partial charge in [-0.05, 0) is 48.2 Å². The molecule has 1 heterocycles. The maximum atomic E-state index is 13.4. The Balaban J connectivity index is 0.00000341. The monoisotopic (exact) mass is 542 g/mol. The molecule has 6 nitrogen and oxygen atoms in total. The summed E-state index contributed by atoms with van der Waals surface area (Å²) in [6.45, 7) is 5.14. The first-order valence-electron chi connectivity index (χ1n) is 10.2. The van der Waals surface area contributed by atoms with E-state index in [2.05, 4.69) is 32.7 Å². The van der Waals surface area contributed by atoms with Gasteiger partial charge in [-0.25, -0.2) is 4.39 Å². The second-order valence-electron chi connectivity index (χ2n) is 7.60. The van der Waals surface area contributed by atoms with E-state index in [0.29, 0.717) is 18.2 Å². The van der Waals surface area contributed by atoms with Gasteiger partial charge < -0.3 is 20.1 Å². The Morgan fingerprint density at radius 2 is 1.84 bits per heavy atom. The summed E-state index contributed by atoms with van der Waals surface area (Å²) in [7, 11) is 5.10. The van der Waals surface area contributed by atoms with Crippen LogP contribution in [-0.4, -0.2) is 51.3 Å². The van der Waals surface area contributed by atoms with Gasteiger partial charge in [0.2, 0.25) is 0 Å². The Morgan fingerprint density at radius 3 is 2.45 bits per heavy atom. The van der Waals surface area contributed by atoms with Gasteiger partial charge in [0.1, 0.15) is 17.3 Å². The quantitative estimate of drug-likeness (QED) is 0.318. The standard InChI is InChI=1S/C23H31FN4O2.HI/c1-16-9-17(5-6-22(16)24)13-26-23(25-2)27-19-7-8-28(15-19)14-18-10-20(29-3)12-21(11-18)30-4;/h5-6,9-12,19H,7-8,13-15H2,1-4H3,(H2,25,26,27);1H. The third-order valence-electron chi connectivity index (χ3n) is 5.34. The van der Waals surface area contributed by atoms with Gasteiger partial charge >= 0.3 is 0 Å². The van der Waals surface area contributed by atoms with Crippen LogP contribution in [-0.2, 0) is 13.1 Å². The maximum Gasteiger partial charge on any atom is 0.191 e. The number of hydrogen-bond donors (Lipinski definition) is 2. The van der Waals surface area contributed by atoms with Crippen molar-refractivity contribution in [1.82, 2.24) is 15.5 Å². The zero-order valence-electron chi connectivity index (χ0n) is 18.6. The summed E-state index contributed by atoms with van der Waals surface area (Å²) >= 11 is 0. The Bertz CT molecular complexity index is 872. The molecule has 0 amide bonds. The molecular weight excluding hydrogens is 510 g/mol. The van der Waals surface area contributed by atoms with Crippen LogP contribution in [0, 0.1) is 12.7 Å². The molecule has 0 aromatic heterocycles. The van der Waals surface area contributed by atoms with Crippen molar-refractivity contribution in [2.75, 3.05) is 34.4 Å². The minimum atomic E-state index is -0.180. The second-order valence-corrected chi connectivity index (χ2v) is 7.60. The molecule has 1 unspecified atom stereocenters. The van der Waals surface area contributed by atoms with Crippen LogP contribution in [0.5, 0.6) is 11.5 Å². The Hall–Kier alpha value is -2.07. The van der Waals surface area contributed by atoms with Gasteiger partial charge in [-0.2, -0.15) is 0 Å². The lowest BCUT2D eigenvalue weighted by atomic mass is 10.1. The number of likely N-dealkylation sites (tertiary alicyclic amines) is 1. The molecule has 1 saturated heterocycles. The normalized spacial score (nSPS) is 16.5. The van der Waals surface area contributed by atoms with Crippen LogP contribution < -0.4 is 20.1 Å². The summed E-state index contributed by atoms with van der Waals surface area (Å²) in [4.78, 5) is 6.73. The van der Waals surface area contributed by atoms with Crippen molar-refractivity contribution in [3.05, 3.63) is 58.9 Å². The first-order valence-corrected chi connectivity index (χ1v) is 10.2. The average molecular weight is 542 g/mol. The summed E-state index contributed by atoms with van der Waals surface area (Å²) in [5, 5.41) is 6.82. The third-order valence-corrected chi connectivity index (χ3v) is 5.34. The topological polar surface area (TPSA) is 58.1 Å². The lowest BCUT2D eigenvalue weighted by Crippen LogP contribution is -2.44. The molecule has 1 aliphatic heterocycles. The SMILES string of the molecule is CN=C(NCc1ccc(F)c(C)c1)NC1CCN(Cc2cc(OC)cc(OC)c2)C1.I. The average Bonchev–Trinajstić information content (AvgIpc) is 3.19. The van der Waals surface area contributed by atoms with Crippen LogP contribution in [0.25, 0.3) is 0 Å². The van der Waals surface area contributed by atoms with E-state index < -0.39 is 0 Å². The molecule has 8 heteroatoms. The summed E-state index contributed by atoms with van der Waals surface area (Å²) in [6, 6.07) is 11.5. The molecule has 0 spiro atoms. The lowest BCUT2D eigenvalue weighted by molar-refractivity contribution is 0.321. The minimum absolute atomic E-state index is 0. The number of rotatable bonds is 7. The second kappa shape index (κ2) is 12.1. The first-order chi connectivity index (χ1) is 14.5. The minimum Gasteiger partial charge on any atom is -0.497 e. The molecule has 1 fully saturated rings. The van der Waals surface area contributed by atoms with Crippen molar-refractivity contribution < 1.29 is 13.9 Å². The van der Waals surface area contributed by atoms with Gasteiger partial charge in [0.15, 0.2) is 5.96 Å². The fourth-order valence-corrected chi connectivity index (χ4v) is 3.70. The molecule has 31 heavy (non-hydrogen) atoms. The Labute approximate surface area is 201 Å². The number of nitrogens with one attached hydrogen (secondary N) is 2. The number of aliphatic imine (C=N–C) groups is 1. The molecule has 0 aliphatic carbocycles. The number of halogens is 2. The summed E-state index contributed by atoms with van der Waals surface area (Å²) in [5.74, 6) is 2.19. The number of ether oxygens (including phenoxy) is 2. The highest BCUT2D eigenvalue weighted by molar-refractivity contribution is 14.0. The van der Waals surface area contributed by atoms with E-state index in [1.165, 1.54) is 11.6 Å². The van der Waals surface area contributed by atoms with Crippen LogP contribution in [0.4, 0.5) is 4.39 Å². The Kier molecular flexibility index (Phi) is 9.83. The fourth-order valence-electron chi connectivity index (χ4n) is 3.70. The molecule has 1 aliphatic rings. The number of nitrogens with zero attached hydrogens (tertiary/aromatic N) is 2. The van der Waals surface area contributed by atoms with Crippen LogP contribution in [0.1, 0.15) is 23.1 Å². The lowest BCUT2D eigenvalue weighted by Gasteiger charge is -2.19. The maximum absolute atomic E-state index is 13.4. The number of aryl methyl sites for hydroxylation is 1. The van der Waals surface area contributed by atoms with E-state index in [9.17, 15) is 4.39 Å². The van der Waals surface area contributed by atoms with Crippen LogP contribution in [0.3, 0.4) is 0 Å². The van der Waals surface area contributed by atoms with Gasteiger partial charge in [0.05, 0.1) is 14.2 Å². The van der Waals surface area contributed by atoms with Crippen molar-refractivity contribution in [2.45, 2.75) is 32.5 Å². The number of guanidine groups is 1. The molecule has 2 aromatic carbocycles. The Morgan fingerprint density at radius 1 is 1.13 bits per heavy atom. The first kappa shape index (κ1) is 25.2. The summed E-state index contributed by atoms with van der Waals surface area (Å²) < 4.78 is 24.2. The largest absolute Gasteiger partial charge is 0.497 e. The molecular formula is C23H32FIN4O2. The van der Waals surface area contributed by atoms with Crippen LogP contribution in [0.2, 0.25) is 0 Å². The fraction of sp³-hybridized carbons (Fsp3) is 0.435. The molecule has 3 rings (SSSR count). The zero-order chi connectivity index (χ0) is 21.5. The number of hydrogen-bond acceptors (Lipinski definition) is 4. The van der Waals surface area contributed by atoms with E-state index in [4.69, 9.17) is 9.47 Å². The highest BCUT2D eigenvalue weighted by Crippen LogP contribution is 2.24.